The van der Waals surface area contributed by atoms with Crippen molar-refractivity contribution >= 4 is 5.70 Å². The highest BCUT2D eigenvalue weighted by atomic mass is 16.3. The summed E-state index contributed by atoms with van der Waals surface area (Å²) in [5.41, 5.74) is 11.6. The average Bonchev–Trinajstić information content (AvgIpc) is 3.43. The van der Waals surface area contributed by atoms with Crippen LogP contribution in [0.4, 0.5) is 0 Å². The van der Waals surface area contributed by atoms with Crippen molar-refractivity contribution < 1.29 is 5.11 Å². The van der Waals surface area contributed by atoms with Gasteiger partial charge in [-0.15, -0.1) is 0 Å². The van der Waals surface area contributed by atoms with Gasteiger partial charge in [0.25, 0.3) is 0 Å². The molecule has 0 aromatic heterocycles. The summed E-state index contributed by atoms with van der Waals surface area (Å²) < 4.78 is 0. The Morgan fingerprint density at radius 1 is 0.885 bits per heavy atom. The second-order valence-electron chi connectivity index (χ2n) is 10.7. The first-order valence-corrected chi connectivity index (χ1v) is 10.2. The molecule has 0 spiro atoms. The van der Waals surface area contributed by atoms with E-state index in [9.17, 15) is 5.11 Å². The third-order valence-electron chi connectivity index (χ3n) is 6.34. The monoisotopic (exact) mass is 354 g/mol. The molecular weight excluding hydrogens is 320 g/mol. The first-order chi connectivity index (χ1) is 12.0. The number of benzene rings is 1. The highest BCUT2D eigenvalue weighted by molar-refractivity contribution is 5.71. The molecule has 3 N–H and O–H groups in total. The Morgan fingerprint density at radius 3 is 1.73 bits per heavy atom. The molecule has 2 saturated carbocycles. The number of aromatic hydroxyl groups is 1. The third-order valence-corrected chi connectivity index (χ3v) is 6.34. The van der Waals surface area contributed by atoms with Crippen molar-refractivity contribution in [3.8, 4) is 5.75 Å². The Hall–Kier alpha value is -1.48. The van der Waals surface area contributed by atoms with E-state index < -0.39 is 0 Å². The lowest BCUT2D eigenvalue weighted by Gasteiger charge is -2.28. The molecule has 0 atom stereocenters. The van der Waals surface area contributed by atoms with Crippen molar-refractivity contribution in [3.05, 3.63) is 34.9 Å². The second-order valence-corrected chi connectivity index (χ2v) is 10.7. The lowest BCUT2D eigenvalue weighted by atomic mass is 9.78. The molecule has 1 aromatic rings. The minimum Gasteiger partial charge on any atom is -0.507 e. The van der Waals surface area contributed by atoms with E-state index in [1.165, 1.54) is 36.9 Å². The van der Waals surface area contributed by atoms with E-state index >= 15 is 0 Å². The van der Waals surface area contributed by atoms with Gasteiger partial charge in [-0.25, -0.2) is 5.43 Å². The van der Waals surface area contributed by atoms with Crippen molar-refractivity contribution in [2.75, 3.05) is 0 Å². The van der Waals surface area contributed by atoms with Gasteiger partial charge in [0.15, 0.2) is 0 Å². The Morgan fingerprint density at radius 2 is 1.35 bits per heavy atom. The predicted molar refractivity (Wildman–Crippen MR) is 108 cm³/mol. The molecule has 3 heteroatoms. The molecular formula is C23H34N2O. The molecule has 3 nitrogen and oxygen atoms in total. The first-order valence-electron chi connectivity index (χ1n) is 10.2. The number of hydrogen-bond acceptors (Lipinski definition) is 3. The van der Waals surface area contributed by atoms with Gasteiger partial charge in [-0.05, 0) is 72.1 Å². The largest absolute Gasteiger partial charge is 0.507 e. The van der Waals surface area contributed by atoms with Crippen molar-refractivity contribution in [3.63, 3.8) is 0 Å². The molecule has 0 amide bonds. The molecule has 2 aliphatic carbocycles. The highest BCUT2D eigenvalue weighted by Crippen LogP contribution is 2.54. The molecule has 0 unspecified atom stereocenters. The molecule has 4 rings (SSSR count). The lowest BCUT2D eigenvalue weighted by molar-refractivity contribution is 0.313. The number of phenolic OH excluding ortho intramolecular Hbond substituents is 1. The van der Waals surface area contributed by atoms with Crippen LogP contribution in [0, 0.1) is 11.8 Å². The van der Waals surface area contributed by atoms with Gasteiger partial charge in [0, 0.05) is 11.1 Å². The summed E-state index contributed by atoms with van der Waals surface area (Å²) in [6.07, 6.45) is 7.82. The van der Waals surface area contributed by atoms with Crippen LogP contribution in [0.1, 0.15) is 83.9 Å². The molecule has 142 valence electrons. The van der Waals surface area contributed by atoms with Crippen LogP contribution in [0.2, 0.25) is 0 Å². The van der Waals surface area contributed by atoms with E-state index in [2.05, 4.69) is 70.6 Å². The van der Waals surface area contributed by atoms with Gasteiger partial charge in [0.2, 0.25) is 0 Å². The highest BCUT2D eigenvalue weighted by Gasteiger charge is 2.55. The Kier molecular flexibility index (Phi) is 3.80. The van der Waals surface area contributed by atoms with E-state index in [1.54, 1.807) is 0 Å². The van der Waals surface area contributed by atoms with Crippen molar-refractivity contribution in [1.29, 1.82) is 0 Å². The van der Waals surface area contributed by atoms with Gasteiger partial charge in [0.05, 0.1) is 11.2 Å². The van der Waals surface area contributed by atoms with Gasteiger partial charge < -0.3 is 10.5 Å². The molecule has 1 aromatic carbocycles. The van der Waals surface area contributed by atoms with Gasteiger partial charge in [-0.2, -0.15) is 0 Å². The van der Waals surface area contributed by atoms with Crippen molar-refractivity contribution in [1.82, 2.24) is 10.9 Å². The maximum Gasteiger partial charge on any atom is 0.123 e. The van der Waals surface area contributed by atoms with Crippen LogP contribution < -0.4 is 10.9 Å². The summed E-state index contributed by atoms with van der Waals surface area (Å²) in [6, 6.07) is 4.36. The van der Waals surface area contributed by atoms with Crippen LogP contribution in [-0.4, -0.2) is 10.6 Å². The lowest BCUT2D eigenvalue weighted by Crippen LogP contribution is -2.48. The van der Waals surface area contributed by atoms with Crippen LogP contribution in [0.3, 0.4) is 0 Å². The fraction of sp³-hybridized carbons (Fsp3) is 0.652. The topological polar surface area (TPSA) is 44.3 Å². The van der Waals surface area contributed by atoms with Crippen LogP contribution in [0.15, 0.2) is 18.2 Å². The third kappa shape index (κ3) is 2.94. The maximum atomic E-state index is 11.0. The van der Waals surface area contributed by atoms with E-state index in [1.807, 2.05) is 0 Å². The van der Waals surface area contributed by atoms with Crippen molar-refractivity contribution in [2.45, 2.75) is 83.6 Å². The molecule has 26 heavy (non-hydrogen) atoms. The summed E-state index contributed by atoms with van der Waals surface area (Å²) in [7, 11) is 0. The zero-order valence-corrected chi connectivity index (χ0v) is 17.2. The number of hydrazine groups is 1. The Bertz CT molecular complexity index is 708. The van der Waals surface area contributed by atoms with E-state index in [0.29, 0.717) is 5.75 Å². The zero-order valence-electron chi connectivity index (χ0n) is 17.2. The summed E-state index contributed by atoms with van der Waals surface area (Å²) in [6.45, 7) is 13.0. The molecule has 0 radical (unpaired) electrons. The zero-order chi connectivity index (χ0) is 18.9. The SMILES string of the molecule is CC(C)(C)c1cc(C2=CC(C3CC3)(C3CC3)NN2)cc(C(C)(C)C)c1O. The number of rotatable bonds is 3. The summed E-state index contributed by atoms with van der Waals surface area (Å²) >= 11 is 0. The molecule has 3 aliphatic rings. The smallest absolute Gasteiger partial charge is 0.123 e. The second kappa shape index (κ2) is 5.51. The minimum absolute atomic E-state index is 0.100. The van der Waals surface area contributed by atoms with Crippen molar-refractivity contribution in [2.24, 2.45) is 11.8 Å². The maximum absolute atomic E-state index is 11.0. The van der Waals surface area contributed by atoms with E-state index in [4.69, 9.17) is 0 Å². The van der Waals surface area contributed by atoms with E-state index in [0.717, 1.165) is 23.0 Å². The number of phenols is 1. The van der Waals surface area contributed by atoms with E-state index in [-0.39, 0.29) is 16.4 Å². The minimum atomic E-state index is -0.100. The Labute approximate surface area is 158 Å². The first kappa shape index (κ1) is 17.9. The quantitative estimate of drug-likeness (QED) is 0.716. The summed E-state index contributed by atoms with van der Waals surface area (Å²) in [5.74, 6) is 2.01. The fourth-order valence-corrected chi connectivity index (χ4v) is 4.47. The molecule has 0 saturated heterocycles. The average molecular weight is 355 g/mol. The van der Waals surface area contributed by atoms with Gasteiger partial charge in [0.1, 0.15) is 5.75 Å². The van der Waals surface area contributed by atoms with Crippen LogP contribution in [0.5, 0.6) is 5.75 Å². The number of nitrogens with one attached hydrogen (secondary N) is 2. The standard InChI is InChI=1S/C23H34N2O/c1-21(2,3)17-11-14(12-18(20(17)26)22(4,5)6)19-13-23(25-24-19,15-7-8-15)16-9-10-16/h11-13,15-16,24-26H,7-10H2,1-6H3. The molecule has 0 bridgehead atoms. The molecule has 1 heterocycles. The normalized spacial score (nSPS) is 22.9. The van der Waals surface area contributed by atoms with Gasteiger partial charge in [-0.3, -0.25) is 0 Å². The van der Waals surface area contributed by atoms with Crippen LogP contribution >= 0.6 is 0 Å². The molecule has 1 aliphatic heterocycles. The van der Waals surface area contributed by atoms with Gasteiger partial charge in [-0.1, -0.05) is 41.5 Å². The fourth-order valence-electron chi connectivity index (χ4n) is 4.47. The molecule has 2 fully saturated rings. The Balaban J connectivity index is 1.82. The van der Waals surface area contributed by atoms with Crippen LogP contribution in [-0.2, 0) is 10.8 Å². The van der Waals surface area contributed by atoms with Crippen LogP contribution in [0.25, 0.3) is 5.70 Å². The summed E-state index contributed by atoms with van der Waals surface area (Å²) in [4.78, 5) is 0. The summed E-state index contributed by atoms with van der Waals surface area (Å²) in [5, 5.41) is 11.0. The predicted octanol–water partition coefficient (Wildman–Crippen LogP) is 4.99. The number of hydrogen-bond donors (Lipinski definition) is 3. The van der Waals surface area contributed by atoms with Gasteiger partial charge >= 0.3 is 0 Å².